The Hall–Kier alpha value is -1.82. The molecule has 0 spiro atoms. The predicted octanol–water partition coefficient (Wildman–Crippen LogP) is 5.91. The van der Waals surface area contributed by atoms with E-state index in [0.29, 0.717) is 0 Å². The Labute approximate surface area is 121 Å². The zero-order valence-electron chi connectivity index (χ0n) is 13.0. The molecule has 102 valence electrons. The smallest absolute Gasteiger partial charge is 0.0126 e. The van der Waals surface area contributed by atoms with E-state index in [-0.39, 0.29) is 5.41 Å². The van der Waals surface area contributed by atoms with Crippen LogP contribution in [0.25, 0.3) is 21.5 Å². The van der Waals surface area contributed by atoms with Crippen molar-refractivity contribution in [3.05, 3.63) is 59.2 Å². The fourth-order valence-corrected chi connectivity index (χ4v) is 3.01. The maximum absolute atomic E-state index is 2.36. The van der Waals surface area contributed by atoms with E-state index in [1.54, 1.807) is 0 Å². The Bertz CT molecular complexity index is 801. The molecule has 20 heavy (non-hydrogen) atoms. The Kier molecular flexibility index (Phi) is 2.86. The molecular formula is C20H22. The Morgan fingerprint density at radius 1 is 0.750 bits per heavy atom. The fraction of sp³-hybridized carbons (Fsp3) is 0.300. The second-order valence-corrected chi connectivity index (χ2v) is 6.86. The minimum absolute atomic E-state index is 0.174. The van der Waals surface area contributed by atoms with Crippen LogP contribution in [-0.4, -0.2) is 0 Å². The Morgan fingerprint density at radius 2 is 1.40 bits per heavy atom. The van der Waals surface area contributed by atoms with Crippen molar-refractivity contribution in [3.8, 4) is 0 Å². The molecule has 0 amide bonds. The molecule has 0 aromatic heterocycles. The van der Waals surface area contributed by atoms with Gasteiger partial charge in [0.25, 0.3) is 0 Å². The van der Waals surface area contributed by atoms with Gasteiger partial charge < -0.3 is 0 Å². The van der Waals surface area contributed by atoms with Gasteiger partial charge in [0.05, 0.1) is 0 Å². The van der Waals surface area contributed by atoms with Gasteiger partial charge in [0.2, 0.25) is 0 Å². The monoisotopic (exact) mass is 262 g/mol. The van der Waals surface area contributed by atoms with Crippen LogP contribution in [0.15, 0.2) is 42.5 Å². The van der Waals surface area contributed by atoms with E-state index >= 15 is 0 Å². The first-order valence-corrected chi connectivity index (χ1v) is 7.31. The third kappa shape index (κ3) is 2.00. The topological polar surface area (TPSA) is 0 Å². The van der Waals surface area contributed by atoms with E-state index in [1.807, 2.05) is 0 Å². The molecular weight excluding hydrogens is 240 g/mol. The van der Waals surface area contributed by atoms with Crippen molar-refractivity contribution in [2.24, 2.45) is 0 Å². The lowest BCUT2D eigenvalue weighted by Crippen LogP contribution is -2.11. The molecule has 0 unspecified atom stereocenters. The summed E-state index contributed by atoms with van der Waals surface area (Å²) in [7, 11) is 0. The van der Waals surface area contributed by atoms with Gasteiger partial charge >= 0.3 is 0 Å². The highest BCUT2D eigenvalue weighted by Crippen LogP contribution is 2.33. The highest BCUT2D eigenvalue weighted by atomic mass is 14.2. The average molecular weight is 262 g/mol. The van der Waals surface area contributed by atoms with Gasteiger partial charge in [0.15, 0.2) is 0 Å². The largest absolute Gasteiger partial charge is 0.0613 e. The van der Waals surface area contributed by atoms with Crippen LogP contribution >= 0.6 is 0 Å². The van der Waals surface area contributed by atoms with Gasteiger partial charge in [-0.2, -0.15) is 0 Å². The maximum Gasteiger partial charge on any atom is -0.0126 e. The highest BCUT2D eigenvalue weighted by molar-refractivity contribution is 6.01. The number of fused-ring (bicyclic) bond motifs is 2. The molecule has 0 fully saturated rings. The van der Waals surface area contributed by atoms with Gasteiger partial charge in [0, 0.05) is 0 Å². The Morgan fingerprint density at radius 3 is 2.10 bits per heavy atom. The van der Waals surface area contributed by atoms with Crippen LogP contribution < -0.4 is 0 Å². The van der Waals surface area contributed by atoms with Gasteiger partial charge in [0.1, 0.15) is 0 Å². The predicted molar refractivity (Wildman–Crippen MR) is 89.6 cm³/mol. The van der Waals surface area contributed by atoms with Gasteiger partial charge in [-0.15, -0.1) is 0 Å². The summed E-state index contributed by atoms with van der Waals surface area (Å²) >= 11 is 0. The minimum atomic E-state index is 0.174. The molecule has 0 saturated carbocycles. The van der Waals surface area contributed by atoms with Crippen LogP contribution in [-0.2, 0) is 5.41 Å². The molecule has 0 nitrogen and oxygen atoms in total. The van der Waals surface area contributed by atoms with Crippen molar-refractivity contribution in [1.82, 2.24) is 0 Å². The van der Waals surface area contributed by atoms with Crippen molar-refractivity contribution in [2.75, 3.05) is 0 Å². The summed E-state index contributed by atoms with van der Waals surface area (Å²) in [4.78, 5) is 0. The second kappa shape index (κ2) is 4.34. The van der Waals surface area contributed by atoms with Crippen molar-refractivity contribution in [1.29, 1.82) is 0 Å². The summed E-state index contributed by atoms with van der Waals surface area (Å²) in [5.41, 5.74) is 4.36. The van der Waals surface area contributed by atoms with Crippen LogP contribution in [0.3, 0.4) is 0 Å². The quantitative estimate of drug-likeness (QED) is 0.442. The lowest BCUT2D eigenvalue weighted by molar-refractivity contribution is 0.596. The average Bonchev–Trinajstić information content (AvgIpc) is 2.40. The van der Waals surface area contributed by atoms with E-state index in [2.05, 4.69) is 77.1 Å². The molecule has 3 aromatic carbocycles. The molecule has 3 aromatic rings. The van der Waals surface area contributed by atoms with E-state index in [9.17, 15) is 0 Å². The van der Waals surface area contributed by atoms with E-state index in [4.69, 9.17) is 0 Å². The maximum atomic E-state index is 2.36. The summed E-state index contributed by atoms with van der Waals surface area (Å²) < 4.78 is 0. The first-order valence-electron chi connectivity index (χ1n) is 7.31. The van der Waals surface area contributed by atoms with Crippen LogP contribution in [0.2, 0.25) is 0 Å². The van der Waals surface area contributed by atoms with Gasteiger partial charge in [-0.05, 0) is 69.6 Å². The Balaban J connectivity index is 2.45. The molecule has 0 aliphatic carbocycles. The van der Waals surface area contributed by atoms with E-state index < -0.39 is 0 Å². The number of hydrogen-bond donors (Lipinski definition) is 0. The van der Waals surface area contributed by atoms with Crippen molar-refractivity contribution >= 4 is 21.5 Å². The van der Waals surface area contributed by atoms with Crippen LogP contribution in [0.1, 0.15) is 37.5 Å². The summed E-state index contributed by atoms with van der Waals surface area (Å²) in [5.74, 6) is 0. The molecule has 3 rings (SSSR count). The molecule has 0 heteroatoms. The number of rotatable bonds is 0. The second-order valence-electron chi connectivity index (χ2n) is 6.86. The summed E-state index contributed by atoms with van der Waals surface area (Å²) in [6.45, 7) is 11.3. The number of aryl methyl sites for hydroxylation is 2. The van der Waals surface area contributed by atoms with Crippen LogP contribution in [0.4, 0.5) is 0 Å². The summed E-state index contributed by atoms with van der Waals surface area (Å²) in [6, 6.07) is 15.8. The summed E-state index contributed by atoms with van der Waals surface area (Å²) in [5, 5.41) is 5.45. The molecule has 0 saturated heterocycles. The third-order valence-corrected chi connectivity index (χ3v) is 4.37. The molecule has 0 radical (unpaired) electrons. The van der Waals surface area contributed by atoms with Crippen LogP contribution in [0, 0.1) is 13.8 Å². The summed E-state index contributed by atoms with van der Waals surface area (Å²) in [6.07, 6.45) is 0. The zero-order chi connectivity index (χ0) is 14.5. The van der Waals surface area contributed by atoms with Crippen molar-refractivity contribution < 1.29 is 0 Å². The molecule has 0 N–H and O–H groups in total. The first-order chi connectivity index (χ1) is 9.38. The number of hydrogen-bond acceptors (Lipinski definition) is 0. The molecule has 0 bridgehead atoms. The standard InChI is InChI=1S/C20H22/c1-13-9-10-16-12-18-15(11-17(16)14(13)2)7-6-8-19(18)20(3,4)5/h6-12H,1-5H3. The molecule has 0 heterocycles. The highest BCUT2D eigenvalue weighted by Gasteiger charge is 2.17. The van der Waals surface area contributed by atoms with E-state index in [0.717, 1.165) is 0 Å². The molecule has 0 aliphatic rings. The third-order valence-electron chi connectivity index (χ3n) is 4.37. The zero-order valence-corrected chi connectivity index (χ0v) is 13.0. The first kappa shape index (κ1) is 13.2. The lowest BCUT2D eigenvalue weighted by Gasteiger charge is -2.22. The van der Waals surface area contributed by atoms with E-state index in [1.165, 1.54) is 38.2 Å². The normalized spacial score (nSPS) is 12.2. The molecule has 0 aliphatic heterocycles. The number of benzene rings is 3. The van der Waals surface area contributed by atoms with Gasteiger partial charge in [-0.25, -0.2) is 0 Å². The molecule has 0 atom stereocenters. The van der Waals surface area contributed by atoms with Gasteiger partial charge in [-0.1, -0.05) is 51.1 Å². The lowest BCUT2D eigenvalue weighted by atomic mass is 9.83. The van der Waals surface area contributed by atoms with Gasteiger partial charge in [-0.3, -0.25) is 0 Å². The fourth-order valence-electron chi connectivity index (χ4n) is 3.01. The minimum Gasteiger partial charge on any atom is -0.0613 e. The van der Waals surface area contributed by atoms with Crippen LogP contribution in [0.5, 0.6) is 0 Å². The van der Waals surface area contributed by atoms with Crippen molar-refractivity contribution in [2.45, 2.75) is 40.0 Å². The van der Waals surface area contributed by atoms with Crippen molar-refractivity contribution in [3.63, 3.8) is 0 Å². The SMILES string of the molecule is Cc1ccc2cc3c(C(C)(C)C)cccc3cc2c1C.